The van der Waals surface area contributed by atoms with Gasteiger partial charge in [-0.1, -0.05) is 12.1 Å². The number of hydrogen-bond acceptors (Lipinski definition) is 5. The predicted octanol–water partition coefficient (Wildman–Crippen LogP) is 2.30. The standard InChI is InChI=1S/C16H20N4OS/c1-11-4-3-5-14(12(11)2)19-6-8-20(9-7-19)15(21)13-10-22-16(17)18-13/h3-5,10H,6-9H2,1-2H3,(H2,17,18). The Morgan fingerprint density at radius 2 is 1.95 bits per heavy atom. The maximum Gasteiger partial charge on any atom is 0.273 e. The summed E-state index contributed by atoms with van der Waals surface area (Å²) >= 11 is 1.31. The number of carbonyl (C=O) groups is 1. The first-order valence-corrected chi connectivity index (χ1v) is 8.25. The Kier molecular flexibility index (Phi) is 4.02. The summed E-state index contributed by atoms with van der Waals surface area (Å²) in [5.74, 6) is -0.0198. The lowest BCUT2D eigenvalue weighted by Crippen LogP contribution is -2.49. The minimum atomic E-state index is -0.0198. The molecular weight excluding hydrogens is 296 g/mol. The second-order valence-electron chi connectivity index (χ2n) is 5.57. The van der Waals surface area contributed by atoms with Gasteiger partial charge in [-0.25, -0.2) is 4.98 Å². The third-order valence-electron chi connectivity index (χ3n) is 4.22. The van der Waals surface area contributed by atoms with E-state index in [4.69, 9.17) is 5.73 Å². The molecule has 1 saturated heterocycles. The van der Waals surface area contributed by atoms with Gasteiger partial charge in [0.15, 0.2) is 5.13 Å². The Labute approximate surface area is 134 Å². The van der Waals surface area contributed by atoms with Crippen molar-refractivity contribution in [1.29, 1.82) is 0 Å². The third-order valence-corrected chi connectivity index (χ3v) is 4.90. The van der Waals surface area contributed by atoms with Crippen molar-refractivity contribution in [2.24, 2.45) is 0 Å². The quantitative estimate of drug-likeness (QED) is 0.923. The Morgan fingerprint density at radius 3 is 2.59 bits per heavy atom. The Balaban J connectivity index is 1.67. The van der Waals surface area contributed by atoms with Gasteiger partial charge in [0.1, 0.15) is 5.69 Å². The predicted molar refractivity (Wildman–Crippen MR) is 90.6 cm³/mol. The second kappa shape index (κ2) is 5.96. The lowest BCUT2D eigenvalue weighted by atomic mass is 10.1. The van der Waals surface area contributed by atoms with E-state index >= 15 is 0 Å². The highest BCUT2D eigenvalue weighted by atomic mass is 32.1. The number of nitrogen functional groups attached to an aromatic ring is 1. The number of rotatable bonds is 2. The van der Waals surface area contributed by atoms with Crippen molar-refractivity contribution in [3.8, 4) is 0 Å². The SMILES string of the molecule is Cc1cccc(N2CCN(C(=O)c3csc(N)n3)CC2)c1C. The van der Waals surface area contributed by atoms with Gasteiger partial charge in [-0.05, 0) is 31.0 Å². The van der Waals surface area contributed by atoms with Crippen LogP contribution in [-0.4, -0.2) is 42.0 Å². The lowest BCUT2D eigenvalue weighted by Gasteiger charge is -2.36. The van der Waals surface area contributed by atoms with Gasteiger partial charge in [0.25, 0.3) is 5.91 Å². The van der Waals surface area contributed by atoms with Gasteiger partial charge in [0.05, 0.1) is 0 Å². The van der Waals surface area contributed by atoms with Crippen molar-refractivity contribution >= 4 is 28.1 Å². The summed E-state index contributed by atoms with van der Waals surface area (Å²) in [5.41, 5.74) is 9.95. The summed E-state index contributed by atoms with van der Waals surface area (Å²) in [6.07, 6.45) is 0. The van der Waals surface area contributed by atoms with E-state index in [1.165, 1.54) is 28.2 Å². The van der Waals surface area contributed by atoms with Crippen molar-refractivity contribution in [3.05, 3.63) is 40.4 Å². The van der Waals surface area contributed by atoms with Crippen LogP contribution in [0, 0.1) is 13.8 Å². The number of thiazole rings is 1. The molecule has 1 aromatic heterocycles. The molecule has 0 saturated carbocycles. The number of aryl methyl sites for hydroxylation is 1. The summed E-state index contributed by atoms with van der Waals surface area (Å²) in [5, 5.41) is 2.17. The van der Waals surface area contributed by atoms with Gasteiger partial charge in [0.2, 0.25) is 0 Å². The molecule has 0 unspecified atom stereocenters. The molecule has 22 heavy (non-hydrogen) atoms. The van der Waals surface area contributed by atoms with E-state index in [1.54, 1.807) is 5.38 Å². The zero-order valence-corrected chi connectivity index (χ0v) is 13.7. The van der Waals surface area contributed by atoms with Crippen LogP contribution in [0.25, 0.3) is 0 Å². The van der Waals surface area contributed by atoms with Crippen LogP contribution in [0.3, 0.4) is 0 Å². The molecule has 1 aromatic carbocycles. The molecule has 0 bridgehead atoms. The third kappa shape index (κ3) is 2.78. The summed E-state index contributed by atoms with van der Waals surface area (Å²) in [4.78, 5) is 20.7. The molecule has 5 nitrogen and oxygen atoms in total. The van der Waals surface area contributed by atoms with Crippen LogP contribution < -0.4 is 10.6 Å². The molecule has 1 aliphatic rings. The van der Waals surface area contributed by atoms with E-state index in [0.717, 1.165) is 13.1 Å². The van der Waals surface area contributed by atoms with Crippen molar-refractivity contribution in [2.75, 3.05) is 36.8 Å². The smallest absolute Gasteiger partial charge is 0.273 e. The molecule has 0 spiro atoms. The van der Waals surface area contributed by atoms with Crippen LogP contribution in [0.1, 0.15) is 21.6 Å². The van der Waals surface area contributed by atoms with Gasteiger partial charge in [-0.2, -0.15) is 0 Å². The van der Waals surface area contributed by atoms with Crippen molar-refractivity contribution in [1.82, 2.24) is 9.88 Å². The Bertz CT molecular complexity index is 689. The molecule has 2 heterocycles. The summed E-state index contributed by atoms with van der Waals surface area (Å²) in [7, 11) is 0. The van der Waals surface area contributed by atoms with E-state index in [1.807, 2.05) is 4.90 Å². The molecule has 1 aliphatic heterocycles. The van der Waals surface area contributed by atoms with Crippen LogP contribution in [0.4, 0.5) is 10.8 Å². The van der Waals surface area contributed by atoms with Crippen LogP contribution in [0.5, 0.6) is 0 Å². The van der Waals surface area contributed by atoms with E-state index < -0.39 is 0 Å². The molecule has 116 valence electrons. The van der Waals surface area contributed by atoms with Crippen LogP contribution in [0.2, 0.25) is 0 Å². The summed E-state index contributed by atoms with van der Waals surface area (Å²) in [6, 6.07) is 6.37. The van der Waals surface area contributed by atoms with Gasteiger partial charge in [-0.3, -0.25) is 4.79 Å². The molecule has 0 radical (unpaired) electrons. The molecule has 1 fully saturated rings. The number of aromatic nitrogens is 1. The number of hydrogen-bond donors (Lipinski definition) is 1. The van der Waals surface area contributed by atoms with Crippen LogP contribution >= 0.6 is 11.3 Å². The molecule has 0 aliphatic carbocycles. The lowest BCUT2D eigenvalue weighted by molar-refractivity contribution is 0.0742. The van der Waals surface area contributed by atoms with E-state index in [-0.39, 0.29) is 5.91 Å². The fourth-order valence-electron chi connectivity index (χ4n) is 2.78. The molecule has 2 N–H and O–H groups in total. The molecular formula is C16H20N4OS. The number of nitrogens with zero attached hydrogens (tertiary/aromatic N) is 3. The second-order valence-corrected chi connectivity index (χ2v) is 6.46. The number of benzene rings is 1. The summed E-state index contributed by atoms with van der Waals surface area (Å²) < 4.78 is 0. The number of amides is 1. The van der Waals surface area contributed by atoms with Crippen molar-refractivity contribution < 1.29 is 4.79 Å². The number of anilines is 2. The normalized spacial score (nSPS) is 15.2. The monoisotopic (exact) mass is 316 g/mol. The number of nitrogens with two attached hydrogens (primary N) is 1. The average molecular weight is 316 g/mol. The zero-order chi connectivity index (χ0) is 15.7. The minimum absolute atomic E-state index is 0.0198. The molecule has 0 atom stereocenters. The van der Waals surface area contributed by atoms with Crippen LogP contribution in [0.15, 0.2) is 23.6 Å². The number of carbonyl (C=O) groups excluding carboxylic acids is 1. The largest absolute Gasteiger partial charge is 0.375 e. The molecule has 1 amide bonds. The van der Waals surface area contributed by atoms with Gasteiger partial charge < -0.3 is 15.5 Å². The first-order chi connectivity index (χ1) is 10.6. The zero-order valence-electron chi connectivity index (χ0n) is 12.9. The van der Waals surface area contributed by atoms with Crippen molar-refractivity contribution in [3.63, 3.8) is 0 Å². The van der Waals surface area contributed by atoms with Gasteiger partial charge in [-0.15, -0.1) is 11.3 Å². The average Bonchev–Trinajstić information content (AvgIpc) is 2.96. The van der Waals surface area contributed by atoms with Crippen LogP contribution in [-0.2, 0) is 0 Å². The molecule has 2 aromatic rings. The maximum absolute atomic E-state index is 12.4. The van der Waals surface area contributed by atoms with E-state index in [2.05, 4.69) is 41.9 Å². The van der Waals surface area contributed by atoms with Crippen molar-refractivity contribution in [2.45, 2.75) is 13.8 Å². The molecule has 6 heteroatoms. The fraction of sp³-hybridized carbons (Fsp3) is 0.375. The number of piperazine rings is 1. The molecule has 3 rings (SSSR count). The highest BCUT2D eigenvalue weighted by molar-refractivity contribution is 7.13. The highest BCUT2D eigenvalue weighted by Crippen LogP contribution is 2.24. The van der Waals surface area contributed by atoms with E-state index in [9.17, 15) is 4.79 Å². The van der Waals surface area contributed by atoms with Gasteiger partial charge >= 0.3 is 0 Å². The Hall–Kier alpha value is -2.08. The summed E-state index contributed by atoms with van der Waals surface area (Å²) in [6.45, 7) is 7.39. The topological polar surface area (TPSA) is 62.5 Å². The first kappa shape index (κ1) is 14.8. The first-order valence-electron chi connectivity index (χ1n) is 7.37. The maximum atomic E-state index is 12.4. The highest BCUT2D eigenvalue weighted by Gasteiger charge is 2.24. The minimum Gasteiger partial charge on any atom is -0.375 e. The van der Waals surface area contributed by atoms with E-state index in [0.29, 0.717) is 23.9 Å². The Morgan fingerprint density at radius 1 is 1.23 bits per heavy atom. The van der Waals surface area contributed by atoms with Gasteiger partial charge in [0, 0.05) is 37.2 Å². The fourth-order valence-corrected chi connectivity index (χ4v) is 3.31.